The highest BCUT2D eigenvalue weighted by atomic mass is 19.1. The van der Waals surface area contributed by atoms with Gasteiger partial charge in [-0.05, 0) is 19.1 Å². The quantitative estimate of drug-likeness (QED) is 0.896. The number of rotatable bonds is 4. The van der Waals surface area contributed by atoms with Crippen LogP contribution in [0.2, 0.25) is 0 Å². The molecule has 18 heavy (non-hydrogen) atoms. The minimum absolute atomic E-state index is 0.212. The molecule has 0 saturated heterocycles. The van der Waals surface area contributed by atoms with Crippen molar-refractivity contribution in [3.63, 3.8) is 0 Å². The van der Waals surface area contributed by atoms with Gasteiger partial charge in [0.15, 0.2) is 5.82 Å². The fourth-order valence-corrected chi connectivity index (χ4v) is 1.54. The Hall–Kier alpha value is -1.95. The van der Waals surface area contributed by atoms with Gasteiger partial charge in [0.1, 0.15) is 24.5 Å². The molecule has 1 aromatic carbocycles. The minimum atomic E-state index is -0.835. The first-order valence-electron chi connectivity index (χ1n) is 5.51. The Bertz CT molecular complexity index is 540. The first-order valence-corrected chi connectivity index (χ1v) is 5.51. The van der Waals surface area contributed by atoms with Gasteiger partial charge in [-0.2, -0.15) is 5.10 Å². The van der Waals surface area contributed by atoms with Gasteiger partial charge in [0, 0.05) is 18.7 Å². The highest BCUT2D eigenvalue weighted by Crippen LogP contribution is 2.22. The van der Waals surface area contributed by atoms with E-state index in [9.17, 15) is 9.50 Å². The van der Waals surface area contributed by atoms with E-state index in [0.29, 0.717) is 11.6 Å². The number of halogens is 1. The van der Waals surface area contributed by atoms with E-state index >= 15 is 0 Å². The third kappa shape index (κ3) is 2.65. The van der Waals surface area contributed by atoms with Crippen LogP contribution in [0.3, 0.4) is 0 Å². The molecule has 0 aliphatic carbocycles. The molecule has 0 saturated carbocycles. The van der Waals surface area contributed by atoms with Gasteiger partial charge >= 0.3 is 0 Å². The van der Waals surface area contributed by atoms with E-state index in [4.69, 9.17) is 4.74 Å². The maximum atomic E-state index is 13.6. The number of hydrogen-bond acceptors (Lipinski definition) is 4. The Labute approximate surface area is 104 Å². The van der Waals surface area contributed by atoms with E-state index in [2.05, 4.69) is 10.1 Å². The van der Waals surface area contributed by atoms with Crippen molar-refractivity contribution in [1.82, 2.24) is 14.8 Å². The van der Waals surface area contributed by atoms with Crippen molar-refractivity contribution in [3.05, 3.63) is 41.7 Å². The lowest BCUT2D eigenvalue weighted by Crippen LogP contribution is -2.05. The average Bonchev–Trinajstić information content (AvgIpc) is 2.72. The molecule has 2 rings (SSSR count). The number of aliphatic hydroxyl groups is 1. The molecule has 0 aliphatic heterocycles. The molecule has 2 aromatic rings. The minimum Gasteiger partial charge on any atom is -0.486 e. The normalized spacial score (nSPS) is 12.4. The number of aryl methyl sites for hydroxylation is 1. The molecule has 0 radical (unpaired) electrons. The number of aromatic nitrogens is 3. The third-order valence-corrected chi connectivity index (χ3v) is 2.60. The van der Waals surface area contributed by atoms with Crippen molar-refractivity contribution >= 4 is 0 Å². The standard InChI is InChI=1S/C12H14FN3O2/c1-8(17)10-4-3-9(5-11(10)13)18-6-12-14-7-15-16(12)2/h3-5,7-8,17H,6H2,1-2H3/t8-/m0/s1. The smallest absolute Gasteiger partial charge is 0.164 e. The van der Waals surface area contributed by atoms with Gasteiger partial charge in [0.05, 0.1) is 6.10 Å². The van der Waals surface area contributed by atoms with Gasteiger partial charge in [0.2, 0.25) is 0 Å². The van der Waals surface area contributed by atoms with Crippen molar-refractivity contribution in [1.29, 1.82) is 0 Å². The van der Waals surface area contributed by atoms with E-state index in [0.717, 1.165) is 0 Å². The van der Waals surface area contributed by atoms with Crippen molar-refractivity contribution in [2.45, 2.75) is 19.6 Å². The average molecular weight is 251 g/mol. The maximum Gasteiger partial charge on any atom is 0.164 e. The van der Waals surface area contributed by atoms with Crippen molar-refractivity contribution < 1.29 is 14.2 Å². The van der Waals surface area contributed by atoms with Crippen LogP contribution >= 0.6 is 0 Å². The Morgan fingerprint density at radius 2 is 2.28 bits per heavy atom. The topological polar surface area (TPSA) is 60.2 Å². The van der Waals surface area contributed by atoms with E-state index < -0.39 is 11.9 Å². The lowest BCUT2D eigenvalue weighted by Gasteiger charge is -2.09. The second kappa shape index (κ2) is 5.14. The summed E-state index contributed by atoms with van der Waals surface area (Å²) in [5.74, 6) is 0.551. The highest BCUT2D eigenvalue weighted by molar-refractivity contribution is 5.30. The molecule has 0 bridgehead atoms. The third-order valence-electron chi connectivity index (χ3n) is 2.60. The fraction of sp³-hybridized carbons (Fsp3) is 0.333. The summed E-state index contributed by atoms with van der Waals surface area (Å²) in [5.41, 5.74) is 0.251. The molecule has 1 aromatic heterocycles. The summed E-state index contributed by atoms with van der Waals surface area (Å²) in [4.78, 5) is 3.99. The van der Waals surface area contributed by atoms with Gasteiger partial charge < -0.3 is 9.84 Å². The zero-order valence-electron chi connectivity index (χ0n) is 10.2. The zero-order chi connectivity index (χ0) is 13.1. The van der Waals surface area contributed by atoms with Gasteiger partial charge in [-0.25, -0.2) is 9.37 Å². The molecule has 0 aliphatic rings. The van der Waals surface area contributed by atoms with Gasteiger partial charge in [-0.15, -0.1) is 0 Å². The second-order valence-corrected chi connectivity index (χ2v) is 3.95. The predicted molar refractivity (Wildman–Crippen MR) is 62.4 cm³/mol. The van der Waals surface area contributed by atoms with Crippen molar-refractivity contribution in [2.24, 2.45) is 7.05 Å². The number of benzene rings is 1. The van der Waals surface area contributed by atoms with Gasteiger partial charge in [0.25, 0.3) is 0 Å². The molecular weight excluding hydrogens is 237 g/mol. The number of hydrogen-bond donors (Lipinski definition) is 1. The Morgan fingerprint density at radius 1 is 1.50 bits per heavy atom. The van der Waals surface area contributed by atoms with E-state index in [-0.39, 0.29) is 12.2 Å². The zero-order valence-corrected chi connectivity index (χ0v) is 10.2. The van der Waals surface area contributed by atoms with Crippen LogP contribution in [0.1, 0.15) is 24.4 Å². The maximum absolute atomic E-state index is 13.6. The molecule has 0 fully saturated rings. The van der Waals surface area contributed by atoms with Crippen molar-refractivity contribution in [2.75, 3.05) is 0 Å². The van der Waals surface area contributed by atoms with Gasteiger partial charge in [-0.1, -0.05) is 0 Å². The molecule has 1 N–H and O–H groups in total. The summed E-state index contributed by atoms with van der Waals surface area (Å²) in [6.07, 6.45) is 0.591. The summed E-state index contributed by atoms with van der Waals surface area (Å²) in [6.45, 7) is 1.72. The Morgan fingerprint density at radius 3 is 2.83 bits per heavy atom. The first-order chi connectivity index (χ1) is 8.58. The fourth-order valence-electron chi connectivity index (χ4n) is 1.54. The van der Waals surface area contributed by atoms with Crippen molar-refractivity contribution in [3.8, 4) is 5.75 Å². The molecular formula is C12H14FN3O2. The highest BCUT2D eigenvalue weighted by Gasteiger charge is 2.09. The summed E-state index contributed by atoms with van der Waals surface area (Å²) in [6, 6.07) is 4.37. The largest absolute Gasteiger partial charge is 0.486 e. The van der Waals surface area contributed by atoms with Crippen LogP contribution in [0.25, 0.3) is 0 Å². The molecule has 5 nitrogen and oxygen atoms in total. The summed E-state index contributed by atoms with van der Waals surface area (Å²) in [5, 5.41) is 13.2. The second-order valence-electron chi connectivity index (χ2n) is 3.95. The van der Waals surface area contributed by atoms with Crippen LogP contribution in [-0.4, -0.2) is 19.9 Å². The van der Waals surface area contributed by atoms with Crippen LogP contribution in [0.4, 0.5) is 4.39 Å². The van der Waals surface area contributed by atoms with Crippen LogP contribution in [-0.2, 0) is 13.7 Å². The monoisotopic (exact) mass is 251 g/mol. The SMILES string of the molecule is C[C@H](O)c1ccc(OCc2ncnn2C)cc1F. The molecule has 0 spiro atoms. The van der Waals surface area contributed by atoms with E-state index in [1.54, 1.807) is 17.8 Å². The van der Waals surface area contributed by atoms with Crippen LogP contribution in [0, 0.1) is 5.82 Å². The van der Waals surface area contributed by atoms with Crippen LogP contribution in [0.5, 0.6) is 5.75 Å². The summed E-state index contributed by atoms with van der Waals surface area (Å²) in [7, 11) is 1.75. The van der Waals surface area contributed by atoms with E-state index in [1.165, 1.54) is 25.4 Å². The number of aliphatic hydroxyl groups excluding tert-OH is 1. The molecule has 1 atom stereocenters. The van der Waals surface area contributed by atoms with Gasteiger partial charge in [-0.3, -0.25) is 4.68 Å². The summed E-state index contributed by atoms with van der Waals surface area (Å²) >= 11 is 0. The number of nitrogens with zero attached hydrogens (tertiary/aromatic N) is 3. The lowest BCUT2D eigenvalue weighted by molar-refractivity contribution is 0.193. The van der Waals surface area contributed by atoms with E-state index in [1.807, 2.05) is 0 Å². The molecule has 96 valence electrons. The Balaban J connectivity index is 2.07. The molecule has 0 unspecified atom stereocenters. The first kappa shape index (κ1) is 12.5. The van der Waals surface area contributed by atoms with Crippen LogP contribution < -0.4 is 4.74 Å². The Kier molecular flexibility index (Phi) is 3.57. The molecule has 1 heterocycles. The number of ether oxygens (including phenoxy) is 1. The lowest BCUT2D eigenvalue weighted by atomic mass is 10.1. The molecule has 0 amide bonds. The molecule has 6 heteroatoms. The van der Waals surface area contributed by atoms with Crippen LogP contribution in [0.15, 0.2) is 24.5 Å². The summed E-state index contributed by atoms with van der Waals surface area (Å²) < 4.78 is 20.6. The predicted octanol–water partition coefficient (Wildman–Crippen LogP) is 1.59.